The van der Waals surface area contributed by atoms with Gasteiger partial charge in [-0.3, -0.25) is 9.59 Å². The van der Waals surface area contributed by atoms with E-state index in [-0.39, 0.29) is 11.5 Å². The number of aryl methyl sites for hydroxylation is 2. The molecule has 0 unspecified atom stereocenters. The number of carbonyl (C=O) groups excluding carboxylic acids is 1. The predicted molar refractivity (Wildman–Crippen MR) is 103 cm³/mol. The van der Waals surface area contributed by atoms with E-state index in [0.29, 0.717) is 11.3 Å². The first kappa shape index (κ1) is 17.2. The highest BCUT2D eigenvalue weighted by atomic mass is 16.2. The van der Waals surface area contributed by atoms with E-state index in [1.807, 2.05) is 24.3 Å². The van der Waals surface area contributed by atoms with Crippen LogP contribution in [-0.4, -0.2) is 25.2 Å². The zero-order chi connectivity index (χ0) is 18.8. The van der Waals surface area contributed by atoms with Gasteiger partial charge in [-0.25, -0.2) is 0 Å². The Morgan fingerprint density at radius 1 is 1.11 bits per heavy atom. The molecule has 0 saturated heterocycles. The highest BCUT2D eigenvalue weighted by Gasteiger charge is 2.16. The summed E-state index contributed by atoms with van der Waals surface area (Å²) in [5.74, 6) is 1.54. The second kappa shape index (κ2) is 7.19. The molecule has 3 heterocycles. The van der Waals surface area contributed by atoms with Crippen molar-refractivity contribution in [3.63, 3.8) is 0 Å². The normalized spacial score (nSPS) is 13.7. The molecule has 0 aliphatic carbocycles. The van der Waals surface area contributed by atoms with E-state index in [1.165, 1.54) is 17.1 Å². The fraction of sp³-hybridized carbons (Fsp3) is 0.300. The number of anilines is 1. The Morgan fingerprint density at radius 3 is 2.85 bits per heavy atom. The molecule has 0 radical (unpaired) electrons. The van der Waals surface area contributed by atoms with Gasteiger partial charge in [0.25, 0.3) is 11.5 Å². The van der Waals surface area contributed by atoms with Crippen molar-refractivity contribution < 1.29 is 4.79 Å². The van der Waals surface area contributed by atoms with Crippen molar-refractivity contribution in [2.45, 2.75) is 32.2 Å². The Kier molecular flexibility index (Phi) is 4.58. The minimum absolute atomic E-state index is 0.220. The Labute approximate surface area is 156 Å². The lowest BCUT2D eigenvalue weighted by molar-refractivity contribution is 0.102. The topological polar surface area (TPSA) is 81.8 Å². The number of carbonyl (C=O) groups is 1. The van der Waals surface area contributed by atoms with E-state index in [1.54, 1.807) is 19.3 Å². The highest BCUT2D eigenvalue weighted by Crippen LogP contribution is 2.25. The first-order valence-electron chi connectivity index (χ1n) is 9.12. The molecule has 1 aliphatic rings. The lowest BCUT2D eigenvalue weighted by atomic mass is 10.1. The van der Waals surface area contributed by atoms with Crippen LogP contribution in [0.3, 0.4) is 0 Å². The van der Waals surface area contributed by atoms with Crippen LogP contribution in [-0.2, 0) is 20.0 Å². The number of fused-ring (bicyclic) bond motifs is 1. The molecule has 3 aromatic rings. The zero-order valence-electron chi connectivity index (χ0n) is 15.2. The molecular weight excluding hydrogens is 342 g/mol. The van der Waals surface area contributed by atoms with Crippen molar-refractivity contribution in [2.75, 3.05) is 5.32 Å². The summed E-state index contributed by atoms with van der Waals surface area (Å²) < 4.78 is 3.60. The fourth-order valence-electron chi connectivity index (χ4n) is 3.33. The van der Waals surface area contributed by atoms with Crippen molar-refractivity contribution in [3.8, 4) is 11.4 Å². The summed E-state index contributed by atoms with van der Waals surface area (Å²) in [5, 5.41) is 11.6. The minimum atomic E-state index is -0.315. The lowest BCUT2D eigenvalue weighted by Crippen LogP contribution is -2.20. The van der Waals surface area contributed by atoms with E-state index in [2.05, 4.69) is 20.1 Å². The Bertz CT molecular complexity index is 1050. The van der Waals surface area contributed by atoms with E-state index >= 15 is 0 Å². The van der Waals surface area contributed by atoms with Crippen LogP contribution in [0.2, 0.25) is 0 Å². The number of hydrogen-bond acceptors (Lipinski definition) is 4. The molecule has 1 amide bonds. The van der Waals surface area contributed by atoms with Gasteiger partial charge in [-0.05, 0) is 31.0 Å². The average molecular weight is 363 g/mol. The summed E-state index contributed by atoms with van der Waals surface area (Å²) in [5.41, 5.74) is 1.68. The summed E-state index contributed by atoms with van der Waals surface area (Å²) in [6.07, 6.45) is 6.00. The Balaban J connectivity index is 1.60. The van der Waals surface area contributed by atoms with Crippen LogP contribution in [0.25, 0.3) is 11.4 Å². The highest BCUT2D eigenvalue weighted by molar-refractivity contribution is 6.04. The molecule has 27 heavy (non-hydrogen) atoms. The summed E-state index contributed by atoms with van der Waals surface area (Å²) >= 11 is 0. The van der Waals surface area contributed by atoms with E-state index in [0.717, 1.165) is 43.0 Å². The number of amides is 1. The van der Waals surface area contributed by atoms with Crippen LogP contribution in [0.4, 0.5) is 5.69 Å². The maximum Gasteiger partial charge on any atom is 0.255 e. The monoisotopic (exact) mass is 363 g/mol. The second-order valence-electron chi connectivity index (χ2n) is 6.80. The van der Waals surface area contributed by atoms with Gasteiger partial charge in [0.2, 0.25) is 0 Å². The lowest BCUT2D eigenvalue weighted by Gasteiger charge is -2.10. The van der Waals surface area contributed by atoms with Crippen molar-refractivity contribution in [2.24, 2.45) is 7.05 Å². The van der Waals surface area contributed by atoms with Crippen molar-refractivity contribution in [1.29, 1.82) is 0 Å². The van der Waals surface area contributed by atoms with Crippen LogP contribution in [0, 0.1) is 0 Å². The number of nitrogens with one attached hydrogen (secondary N) is 1. The van der Waals surface area contributed by atoms with Gasteiger partial charge >= 0.3 is 0 Å². The molecule has 0 spiro atoms. The molecule has 0 atom stereocenters. The van der Waals surface area contributed by atoms with Gasteiger partial charge in [0.15, 0.2) is 5.82 Å². The molecule has 0 bridgehead atoms. The zero-order valence-corrected chi connectivity index (χ0v) is 15.2. The minimum Gasteiger partial charge on any atom is -0.322 e. The van der Waals surface area contributed by atoms with Gasteiger partial charge in [-0.15, -0.1) is 10.2 Å². The largest absolute Gasteiger partial charge is 0.322 e. The first-order valence-corrected chi connectivity index (χ1v) is 9.12. The number of rotatable bonds is 3. The molecule has 4 rings (SSSR count). The fourth-order valence-corrected chi connectivity index (χ4v) is 3.33. The van der Waals surface area contributed by atoms with Gasteiger partial charge < -0.3 is 14.5 Å². The second-order valence-corrected chi connectivity index (χ2v) is 6.80. The molecule has 7 heteroatoms. The standard InChI is InChI=1S/C20H21N5O2/c1-24-11-9-15(13-18(24)26)20(27)21-16-7-5-6-14(12-16)19-23-22-17-8-3-2-4-10-25(17)19/h5-7,9,11-13H,2-4,8,10H2,1H3,(H,21,27). The van der Waals surface area contributed by atoms with Crippen molar-refractivity contribution in [3.05, 3.63) is 64.3 Å². The third-order valence-corrected chi connectivity index (χ3v) is 4.85. The summed E-state index contributed by atoms with van der Waals surface area (Å²) in [6, 6.07) is 10.5. The van der Waals surface area contributed by atoms with Crippen LogP contribution in [0.1, 0.15) is 35.4 Å². The molecule has 0 fully saturated rings. The number of nitrogens with zero attached hydrogens (tertiary/aromatic N) is 4. The number of pyridine rings is 1. The van der Waals surface area contributed by atoms with Gasteiger partial charge in [0, 0.05) is 49.1 Å². The van der Waals surface area contributed by atoms with Gasteiger partial charge in [0.05, 0.1) is 0 Å². The SMILES string of the molecule is Cn1ccc(C(=O)Nc2cccc(-c3nnc4n3CCCCC4)c2)cc1=O. The third kappa shape index (κ3) is 3.53. The van der Waals surface area contributed by atoms with Crippen LogP contribution < -0.4 is 10.9 Å². The maximum atomic E-state index is 12.5. The van der Waals surface area contributed by atoms with Gasteiger partial charge in [0.1, 0.15) is 5.82 Å². The molecule has 7 nitrogen and oxygen atoms in total. The number of hydrogen-bond donors (Lipinski definition) is 1. The van der Waals surface area contributed by atoms with Crippen LogP contribution >= 0.6 is 0 Å². The third-order valence-electron chi connectivity index (χ3n) is 4.85. The maximum absolute atomic E-state index is 12.5. The molecule has 0 saturated carbocycles. The number of aromatic nitrogens is 4. The quantitative estimate of drug-likeness (QED) is 0.775. The van der Waals surface area contributed by atoms with Crippen LogP contribution in [0.5, 0.6) is 0 Å². The summed E-state index contributed by atoms with van der Waals surface area (Å²) in [4.78, 5) is 24.2. The molecule has 1 aromatic carbocycles. The summed E-state index contributed by atoms with van der Waals surface area (Å²) in [7, 11) is 1.65. The molecule has 138 valence electrons. The predicted octanol–water partition coefficient (Wildman–Crippen LogP) is 2.62. The first-order chi connectivity index (χ1) is 13.1. The van der Waals surface area contributed by atoms with E-state index < -0.39 is 0 Å². The van der Waals surface area contributed by atoms with Gasteiger partial charge in [-0.1, -0.05) is 18.6 Å². The van der Waals surface area contributed by atoms with E-state index in [4.69, 9.17) is 0 Å². The summed E-state index contributed by atoms with van der Waals surface area (Å²) in [6.45, 7) is 0.918. The number of benzene rings is 1. The smallest absolute Gasteiger partial charge is 0.255 e. The van der Waals surface area contributed by atoms with Crippen LogP contribution in [0.15, 0.2) is 47.4 Å². The van der Waals surface area contributed by atoms with Crippen molar-refractivity contribution >= 4 is 11.6 Å². The molecule has 2 aromatic heterocycles. The Morgan fingerprint density at radius 2 is 2.00 bits per heavy atom. The molecule has 1 N–H and O–H groups in total. The van der Waals surface area contributed by atoms with Gasteiger partial charge in [-0.2, -0.15) is 0 Å². The van der Waals surface area contributed by atoms with E-state index in [9.17, 15) is 9.59 Å². The Hall–Kier alpha value is -3.22. The molecular formula is C20H21N5O2. The van der Waals surface area contributed by atoms with Crippen molar-refractivity contribution in [1.82, 2.24) is 19.3 Å². The molecule has 1 aliphatic heterocycles. The average Bonchev–Trinajstić information content (AvgIpc) is 2.92.